The fourth-order valence-electron chi connectivity index (χ4n) is 1.72. The Bertz CT molecular complexity index is 307. The van der Waals surface area contributed by atoms with Crippen LogP contribution in [-0.2, 0) is 0 Å². The lowest BCUT2D eigenvalue weighted by atomic mass is 10.0. The molecule has 2 heteroatoms. The molecule has 2 rings (SSSR count). The van der Waals surface area contributed by atoms with Gasteiger partial charge in [-0.2, -0.15) is 0 Å². The Labute approximate surface area is 85.1 Å². The molecule has 1 atom stereocenters. The van der Waals surface area contributed by atoms with Crippen molar-refractivity contribution in [3.05, 3.63) is 29.8 Å². The Morgan fingerprint density at radius 2 is 2.29 bits per heavy atom. The van der Waals surface area contributed by atoms with Gasteiger partial charge in [-0.1, -0.05) is 25.0 Å². The van der Waals surface area contributed by atoms with Crippen molar-refractivity contribution in [2.75, 3.05) is 7.11 Å². The van der Waals surface area contributed by atoms with Gasteiger partial charge in [0, 0.05) is 6.04 Å². The van der Waals surface area contributed by atoms with Crippen LogP contribution in [0.15, 0.2) is 24.3 Å². The molecule has 0 saturated heterocycles. The minimum atomic E-state index is 0.178. The van der Waals surface area contributed by atoms with Gasteiger partial charge >= 0.3 is 0 Å². The van der Waals surface area contributed by atoms with Gasteiger partial charge in [0.25, 0.3) is 0 Å². The Kier molecular flexibility index (Phi) is 2.73. The first-order chi connectivity index (χ1) is 6.79. The minimum absolute atomic E-state index is 0.178. The highest BCUT2D eigenvalue weighted by molar-refractivity contribution is 5.30. The minimum Gasteiger partial charge on any atom is -0.497 e. The average molecular weight is 191 g/mol. The monoisotopic (exact) mass is 191 g/mol. The quantitative estimate of drug-likeness (QED) is 0.793. The lowest BCUT2D eigenvalue weighted by Gasteiger charge is -2.12. The molecule has 0 amide bonds. The molecule has 0 bridgehead atoms. The van der Waals surface area contributed by atoms with E-state index < -0.39 is 0 Å². The number of ether oxygens (including phenoxy) is 1. The van der Waals surface area contributed by atoms with Gasteiger partial charge in [-0.25, -0.2) is 0 Å². The van der Waals surface area contributed by atoms with Crippen LogP contribution in [0.1, 0.15) is 30.9 Å². The van der Waals surface area contributed by atoms with Gasteiger partial charge in [0.05, 0.1) is 7.11 Å². The van der Waals surface area contributed by atoms with Crippen LogP contribution in [0, 0.1) is 5.92 Å². The fraction of sp³-hybridized carbons (Fsp3) is 0.500. The van der Waals surface area contributed by atoms with Gasteiger partial charge in [-0.3, -0.25) is 0 Å². The van der Waals surface area contributed by atoms with E-state index >= 15 is 0 Å². The molecule has 0 aliphatic heterocycles. The first kappa shape index (κ1) is 9.53. The van der Waals surface area contributed by atoms with Crippen LogP contribution < -0.4 is 10.5 Å². The van der Waals surface area contributed by atoms with Crippen LogP contribution in [0.25, 0.3) is 0 Å². The number of nitrogens with two attached hydrogens (primary N) is 1. The Morgan fingerprint density at radius 3 is 2.93 bits per heavy atom. The first-order valence-corrected chi connectivity index (χ1v) is 5.19. The molecule has 2 nitrogen and oxygen atoms in total. The predicted octanol–water partition coefficient (Wildman–Crippen LogP) is 2.50. The van der Waals surface area contributed by atoms with E-state index in [0.29, 0.717) is 0 Å². The van der Waals surface area contributed by atoms with Crippen molar-refractivity contribution in [3.63, 3.8) is 0 Å². The molecule has 0 unspecified atom stereocenters. The summed E-state index contributed by atoms with van der Waals surface area (Å²) in [6.45, 7) is 0. The van der Waals surface area contributed by atoms with E-state index in [1.54, 1.807) is 7.11 Å². The van der Waals surface area contributed by atoms with Gasteiger partial charge in [0.1, 0.15) is 5.75 Å². The van der Waals surface area contributed by atoms with Crippen molar-refractivity contribution in [2.24, 2.45) is 11.7 Å². The van der Waals surface area contributed by atoms with Gasteiger partial charge in [0.15, 0.2) is 0 Å². The highest BCUT2D eigenvalue weighted by Crippen LogP contribution is 2.37. The topological polar surface area (TPSA) is 35.2 Å². The third kappa shape index (κ3) is 2.26. The van der Waals surface area contributed by atoms with E-state index in [9.17, 15) is 0 Å². The van der Waals surface area contributed by atoms with E-state index in [0.717, 1.165) is 18.1 Å². The molecular formula is C12H17NO. The average Bonchev–Trinajstić information content (AvgIpc) is 3.02. The maximum Gasteiger partial charge on any atom is 0.119 e. The van der Waals surface area contributed by atoms with Crippen LogP contribution >= 0.6 is 0 Å². The Balaban J connectivity index is 2.05. The standard InChI is InChI=1S/C12H17NO/c1-14-11-4-2-3-10(8-11)12(13)7-9-5-6-9/h2-4,8-9,12H,5-7,13H2,1H3/t12-/m0/s1. The van der Waals surface area contributed by atoms with Crippen molar-refractivity contribution in [1.82, 2.24) is 0 Å². The number of methoxy groups -OCH3 is 1. The van der Waals surface area contributed by atoms with Crippen LogP contribution in [0.4, 0.5) is 0 Å². The third-order valence-electron chi connectivity index (χ3n) is 2.81. The summed E-state index contributed by atoms with van der Waals surface area (Å²) in [5.41, 5.74) is 7.29. The molecule has 1 saturated carbocycles. The molecule has 0 radical (unpaired) electrons. The maximum atomic E-state index is 6.10. The lowest BCUT2D eigenvalue weighted by Crippen LogP contribution is -2.10. The normalized spacial score (nSPS) is 17.9. The van der Waals surface area contributed by atoms with Crippen molar-refractivity contribution in [1.29, 1.82) is 0 Å². The molecule has 0 aromatic heterocycles. The zero-order valence-corrected chi connectivity index (χ0v) is 8.57. The number of benzene rings is 1. The van der Waals surface area contributed by atoms with Crippen LogP contribution in [0.5, 0.6) is 5.75 Å². The lowest BCUT2D eigenvalue weighted by molar-refractivity contribution is 0.413. The predicted molar refractivity (Wildman–Crippen MR) is 57.3 cm³/mol. The molecule has 2 N–H and O–H groups in total. The second-order valence-corrected chi connectivity index (χ2v) is 4.06. The maximum absolute atomic E-state index is 6.10. The van der Waals surface area contributed by atoms with E-state index in [4.69, 9.17) is 10.5 Å². The van der Waals surface area contributed by atoms with Gasteiger partial charge in [-0.05, 0) is 30.0 Å². The van der Waals surface area contributed by atoms with Crippen LogP contribution in [0.2, 0.25) is 0 Å². The summed E-state index contributed by atoms with van der Waals surface area (Å²) in [6, 6.07) is 8.24. The highest BCUT2D eigenvalue weighted by atomic mass is 16.5. The molecule has 0 spiro atoms. The molecule has 1 aliphatic rings. The number of hydrogen-bond acceptors (Lipinski definition) is 2. The summed E-state index contributed by atoms with van der Waals surface area (Å²) in [5, 5.41) is 0. The molecule has 1 aromatic carbocycles. The number of rotatable bonds is 4. The molecular weight excluding hydrogens is 174 g/mol. The van der Waals surface area contributed by atoms with Gasteiger partial charge in [-0.15, -0.1) is 0 Å². The van der Waals surface area contributed by atoms with Crippen molar-refractivity contribution < 1.29 is 4.74 Å². The first-order valence-electron chi connectivity index (χ1n) is 5.19. The second kappa shape index (κ2) is 4.01. The zero-order chi connectivity index (χ0) is 9.97. The molecule has 76 valence electrons. The largest absolute Gasteiger partial charge is 0.497 e. The van der Waals surface area contributed by atoms with Gasteiger partial charge < -0.3 is 10.5 Å². The van der Waals surface area contributed by atoms with Crippen molar-refractivity contribution in [2.45, 2.75) is 25.3 Å². The van der Waals surface area contributed by atoms with Crippen molar-refractivity contribution in [3.8, 4) is 5.75 Å². The smallest absolute Gasteiger partial charge is 0.119 e. The molecule has 0 heterocycles. The highest BCUT2D eigenvalue weighted by Gasteiger charge is 2.24. The third-order valence-corrected chi connectivity index (χ3v) is 2.81. The van der Waals surface area contributed by atoms with E-state index in [2.05, 4.69) is 6.07 Å². The summed E-state index contributed by atoms with van der Waals surface area (Å²) >= 11 is 0. The molecule has 1 aliphatic carbocycles. The zero-order valence-electron chi connectivity index (χ0n) is 8.57. The second-order valence-electron chi connectivity index (χ2n) is 4.06. The van der Waals surface area contributed by atoms with Gasteiger partial charge in [0.2, 0.25) is 0 Å². The summed E-state index contributed by atoms with van der Waals surface area (Å²) in [4.78, 5) is 0. The molecule has 1 aromatic rings. The van der Waals surface area contributed by atoms with Crippen LogP contribution in [0.3, 0.4) is 0 Å². The summed E-state index contributed by atoms with van der Waals surface area (Å²) in [6.07, 6.45) is 3.84. The summed E-state index contributed by atoms with van der Waals surface area (Å²) < 4.78 is 5.17. The Hall–Kier alpha value is -1.02. The van der Waals surface area contributed by atoms with E-state index in [1.165, 1.54) is 18.4 Å². The SMILES string of the molecule is COc1cccc([C@@H](N)CC2CC2)c1. The Morgan fingerprint density at radius 1 is 1.50 bits per heavy atom. The number of hydrogen-bond donors (Lipinski definition) is 1. The molecule has 1 fully saturated rings. The summed E-state index contributed by atoms with van der Waals surface area (Å²) in [7, 11) is 1.69. The van der Waals surface area contributed by atoms with E-state index in [1.807, 2.05) is 18.2 Å². The summed E-state index contributed by atoms with van der Waals surface area (Å²) in [5.74, 6) is 1.77. The van der Waals surface area contributed by atoms with Crippen LogP contribution in [-0.4, -0.2) is 7.11 Å². The van der Waals surface area contributed by atoms with Crippen molar-refractivity contribution >= 4 is 0 Å². The molecule has 14 heavy (non-hydrogen) atoms. The van der Waals surface area contributed by atoms with E-state index in [-0.39, 0.29) is 6.04 Å². The fourth-order valence-corrected chi connectivity index (χ4v) is 1.72.